The van der Waals surface area contributed by atoms with Crippen LogP contribution in [0.3, 0.4) is 0 Å². The number of benzene rings is 1. The lowest BCUT2D eigenvalue weighted by atomic mass is 10.0. The van der Waals surface area contributed by atoms with E-state index in [-0.39, 0.29) is 17.0 Å². The number of rotatable bonds is 3. The molecule has 2 rings (SSSR count). The van der Waals surface area contributed by atoms with E-state index in [1.165, 1.54) is 18.3 Å². The zero-order valence-corrected chi connectivity index (χ0v) is 15.6. The summed E-state index contributed by atoms with van der Waals surface area (Å²) in [5.74, 6) is -1.09. The fraction of sp³-hybridized carbons (Fsp3) is 0.294. The van der Waals surface area contributed by atoms with E-state index in [2.05, 4.69) is 9.38 Å². The highest BCUT2D eigenvalue weighted by molar-refractivity contribution is 7.91. The van der Waals surface area contributed by atoms with Crippen molar-refractivity contribution in [2.24, 2.45) is 4.40 Å². The van der Waals surface area contributed by atoms with Gasteiger partial charge in [0.25, 0.3) is 0 Å². The van der Waals surface area contributed by atoms with Crippen molar-refractivity contribution in [2.75, 3.05) is 0 Å². The van der Waals surface area contributed by atoms with Gasteiger partial charge in [0.1, 0.15) is 27.6 Å². The first-order valence-corrected chi connectivity index (χ1v) is 8.87. The van der Waals surface area contributed by atoms with Crippen LogP contribution < -0.4 is 0 Å². The molecular formula is C17H15ClF4N2OS. The molecule has 0 saturated heterocycles. The van der Waals surface area contributed by atoms with Crippen LogP contribution in [0.1, 0.15) is 37.6 Å². The summed E-state index contributed by atoms with van der Waals surface area (Å²) in [7, 11) is 0. The van der Waals surface area contributed by atoms with E-state index in [9.17, 15) is 22.1 Å². The van der Waals surface area contributed by atoms with Crippen molar-refractivity contribution in [3.05, 3.63) is 64.2 Å². The molecule has 0 saturated carbocycles. The largest absolute Gasteiger partial charge is 0.591 e. The van der Waals surface area contributed by atoms with Crippen molar-refractivity contribution in [3.63, 3.8) is 0 Å². The maximum atomic E-state index is 13.8. The number of hydrogen-bond donors (Lipinski definition) is 0. The molecule has 1 aromatic carbocycles. The van der Waals surface area contributed by atoms with Gasteiger partial charge in [0.05, 0.1) is 16.3 Å². The average Bonchev–Trinajstić information content (AvgIpc) is 2.51. The molecular weight excluding hydrogens is 392 g/mol. The number of nitrogens with zero attached hydrogens (tertiary/aromatic N) is 2. The number of aromatic nitrogens is 1. The molecule has 0 amide bonds. The number of alkyl halides is 3. The Balaban J connectivity index is 2.67. The number of hydrogen-bond acceptors (Lipinski definition) is 3. The van der Waals surface area contributed by atoms with Crippen LogP contribution in [0, 0.1) is 5.82 Å². The Hall–Kier alpha value is -1.64. The second-order valence-electron chi connectivity index (χ2n) is 6.39. The van der Waals surface area contributed by atoms with Gasteiger partial charge in [-0.25, -0.2) is 4.39 Å². The fourth-order valence-corrected chi connectivity index (χ4v) is 2.62. The third kappa shape index (κ3) is 5.18. The Bertz CT molecular complexity index is 817. The lowest BCUT2D eigenvalue weighted by molar-refractivity contribution is -0.137. The highest BCUT2D eigenvalue weighted by Gasteiger charge is 2.33. The SMILES string of the molecule is CC(C)(C)[S+]([O-])/N=C(\c1cc(F)cc(C(F)(F)F)c1)c1ccc(Cl)cn1. The molecule has 1 heterocycles. The summed E-state index contributed by atoms with van der Waals surface area (Å²) >= 11 is 3.98. The number of pyridine rings is 1. The van der Waals surface area contributed by atoms with E-state index >= 15 is 0 Å². The van der Waals surface area contributed by atoms with Crippen molar-refractivity contribution in [1.29, 1.82) is 0 Å². The van der Waals surface area contributed by atoms with E-state index in [0.717, 1.165) is 12.1 Å². The Labute approximate surface area is 156 Å². The summed E-state index contributed by atoms with van der Waals surface area (Å²) in [6.45, 7) is 4.98. The van der Waals surface area contributed by atoms with Gasteiger partial charge in [0, 0.05) is 11.8 Å². The molecule has 9 heteroatoms. The molecule has 140 valence electrons. The Kier molecular flexibility index (Phi) is 5.99. The first-order valence-electron chi connectivity index (χ1n) is 7.39. The quantitative estimate of drug-likeness (QED) is 0.400. The van der Waals surface area contributed by atoms with Gasteiger partial charge in [-0.15, -0.1) is 0 Å². The topological polar surface area (TPSA) is 48.3 Å². The summed E-state index contributed by atoms with van der Waals surface area (Å²) in [5.41, 5.74) is -1.33. The van der Waals surface area contributed by atoms with Crippen LogP contribution >= 0.6 is 11.6 Å². The molecule has 1 aromatic heterocycles. The van der Waals surface area contributed by atoms with Crippen molar-refractivity contribution < 1.29 is 22.1 Å². The van der Waals surface area contributed by atoms with Gasteiger partial charge in [0.15, 0.2) is 0 Å². The highest BCUT2D eigenvalue weighted by atomic mass is 35.5. The molecule has 1 atom stereocenters. The maximum absolute atomic E-state index is 13.8. The van der Waals surface area contributed by atoms with Crippen molar-refractivity contribution in [1.82, 2.24) is 4.98 Å². The molecule has 2 aromatic rings. The van der Waals surface area contributed by atoms with Gasteiger partial charge in [-0.2, -0.15) is 13.2 Å². The smallest absolute Gasteiger partial charge is 0.416 e. The Morgan fingerprint density at radius 2 is 1.81 bits per heavy atom. The highest BCUT2D eigenvalue weighted by Crippen LogP contribution is 2.31. The van der Waals surface area contributed by atoms with E-state index in [1.54, 1.807) is 20.8 Å². The van der Waals surface area contributed by atoms with Crippen LogP contribution in [0.5, 0.6) is 0 Å². The molecule has 3 nitrogen and oxygen atoms in total. The molecule has 0 bridgehead atoms. The van der Waals surface area contributed by atoms with Gasteiger partial charge in [-0.1, -0.05) is 16.0 Å². The van der Waals surface area contributed by atoms with Gasteiger partial charge >= 0.3 is 6.18 Å². The van der Waals surface area contributed by atoms with Crippen LogP contribution in [-0.2, 0) is 17.5 Å². The average molecular weight is 407 g/mol. The Morgan fingerprint density at radius 1 is 1.15 bits per heavy atom. The molecule has 0 spiro atoms. The molecule has 0 aliphatic rings. The molecule has 0 fully saturated rings. The number of halogens is 5. The fourth-order valence-electron chi connectivity index (χ4n) is 1.87. The lowest BCUT2D eigenvalue weighted by Crippen LogP contribution is -2.27. The minimum Gasteiger partial charge on any atom is -0.591 e. The molecule has 0 aliphatic heterocycles. The van der Waals surface area contributed by atoms with Crippen LogP contribution in [0.15, 0.2) is 40.9 Å². The zero-order chi connectivity index (χ0) is 19.7. The van der Waals surface area contributed by atoms with Crippen LogP contribution in [0.4, 0.5) is 17.6 Å². The van der Waals surface area contributed by atoms with Crippen molar-refractivity contribution in [2.45, 2.75) is 31.7 Å². The van der Waals surface area contributed by atoms with Crippen LogP contribution in [0.2, 0.25) is 5.02 Å². The predicted molar refractivity (Wildman–Crippen MR) is 94.2 cm³/mol. The van der Waals surface area contributed by atoms with E-state index in [0.29, 0.717) is 11.1 Å². The van der Waals surface area contributed by atoms with Gasteiger partial charge in [0.2, 0.25) is 0 Å². The second-order valence-corrected chi connectivity index (χ2v) is 8.73. The van der Waals surface area contributed by atoms with Crippen LogP contribution in [-0.4, -0.2) is 20.0 Å². The van der Waals surface area contributed by atoms with E-state index < -0.39 is 33.7 Å². The van der Waals surface area contributed by atoms with Gasteiger partial charge in [-0.3, -0.25) is 4.98 Å². The molecule has 0 aliphatic carbocycles. The molecule has 0 N–H and O–H groups in total. The van der Waals surface area contributed by atoms with E-state index in [1.807, 2.05) is 0 Å². The van der Waals surface area contributed by atoms with Crippen LogP contribution in [0.25, 0.3) is 0 Å². The summed E-state index contributed by atoms with van der Waals surface area (Å²) in [5, 5.41) is 0.306. The van der Waals surface area contributed by atoms with Gasteiger partial charge < -0.3 is 4.55 Å². The first-order chi connectivity index (χ1) is 11.9. The Morgan fingerprint density at radius 3 is 2.31 bits per heavy atom. The standard InChI is InChI=1S/C17H15ClF4N2OS/c1-16(2,3)26(25)24-15(14-5-4-12(18)9-23-14)10-6-11(17(20,21)22)8-13(19)7-10/h4-9H,1-3H3/b24-15+. The minimum absolute atomic E-state index is 0.111. The third-order valence-electron chi connectivity index (χ3n) is 3.17. The minimum atomic E-state index is -4.74. The molecule has 0 radical (unpaired) electrons. The summed E-state index contributed by atoms with van der Waals surface area (Å²) in [4.78, 5) is 4.01. The van der Waals surface area contributed by atoms with Gasteiger partial charge in [-0.05, 0) is 51.1 Å². The summed E-state index contributed by atoms with van der Waals surface area (Å²) < 4.78 is 68.5. The normalized spacial score (nSPS) is 14.4. The summed E-state index contributed by atoms with van der Waals surface area (Å²) in [6.07, 6.45) is -3.46. The van der Waals surface area contributed by atoms with Crippen molar-refractivity contribution >= 4 is 28.7 Å². The zero-order valence-electron chi connectivity index (χ0n) is 14.1. The van der Waals surface area contributed by atoms with Crippen molar-refractivity contribution in [3.8, 4) is 0 Å². The van der Waals surface area contributed by atoms with E-state index in [4.69, 9.17) is 11.6 Å². The third-order valence-corrected chi connectivity index (χ3v) is 4.79. The first kappa shape index (κ1) is 20.7. The summed E-state index contributed by atoms with van der Waals surface area (Å²) in [6, 6.07) is 4.90. The molecule has 26 heavy (non-hydrogen) atoms. The maximum Gasteiger partial charge on any atom is 0.416 e. The second kappa shape index (κ2) is 7.54. The lowest BCUT2D eigenvalue weighted by Gasteiger charge is -2.19. The monoisotopic (exact) mass is 406 g/mol. The predicted octanol–water partition coefficient (Wildman–Crippen LogP) is 5.19. The molecule has 1 unspecified atom stereocenters.